The van der Waals surface area contributed by atoms with Gasteiger partial charge in [-0.1, -0.05) is 52.9 Å². The zero-order chi connectivity index (χ0) is 30.9. The summed E-state index contributed by atoms with van der Waals surface area (Å²) in [6, 6.07) is 8.12. The van der Waals surface area contributed by atoms with Crippen molar-refractivity contribution in [2.24, 2.45) is 0 Å². The van der Waals surface area contributed by atoms with E-state index in [4.69, 9.17) is 9.72 Å². The van der Waals surface area contributed by atoms with Gasteiger partial charge in [-0.3, -0.25) is 14.5 Å². The van der Waals surface area contributed by atoms with E-state index in [1.165, 1.54) is 27.6 Å². The lowest BCUT2D eigenvalue weighted by Crippen LogP contribution is -2.31. The van der Waals surface area contributed by atoms with E-state index in [1.807, 2.05) is 72.7 Å². The van der Waals surface area contributed by atoms with Crippen molar-refractivity contribution in [3.05, 3.63) is 73.9 Å². The van der Waals surface area contributed by atoms with Gasteiger partial charge in [-0.05, 0) is 71.7 Å². The Morgan fingerprint density at radius 1 is 0.952 bits per heavy atom. The van der Waals surface area contributed by atoms with Crippen LogP contribution in [0.1, 0.15) is 84.6 Å². The van der Waals surface area contributed by atoms with Gasteiger partial charge in [0.1, 0.15) is 11.5 Å². The number of anilines is 1. The van der Waals surface area contributed by atoms with E-state index in [1.54, 1.807) is 20.1 Å². The third-order valence-corrected chi connectivity index (χ3v) is 9.51. The number of Topliss-reactive ketones (excluding diaryl/α,β-unsaturated/α-hetero) is 1. The number of aromatic hydroxyl groups is 1. The van der Waals surface area contributed by atoms with Gasteiger partial charge in [-0.25, -0.2) is 9.97 Å². The van der Waals surface area contributed by atoms with Crippen LogP contribution in [0.2, 0.25) is 0 Å². The maximum atomic E-state index is 14.2. The number of hydrogen-bond donors (Lipinski definition) is 2. The minimum atomic E-state index is -0.989. The molecule has 0 saturated carbocycles. The predicted molar refractivity (Wildman–Crippen MR) is 167 cm³/mol. The fourth-order valence-corrected chi connectivity index (χ4v) is 7.19. The van der Waals surface area contributed by atoms with Crippen LogP contribution in [0.15, 0.2) is 41.7 Å². The summed E-state index contributed by atoms with van der Waals surface area (Å²) in [4.78, 5) is 39.0. The normalized spacial score (nSPS) is 16.2. The van der Waals surface area contributed by atoms with Gasteiger partial charge in [0.15, 0.2) is 10.9 Å². The quantitative estimate of drug-likeness (QED) is 0.227. The molecule has 10 heteroatoms. The van der Waals surface area contributed by atoms with Crippen molar-refractivity contribution in [2.75, 3.05) is 12.0 Å². The van der Waals surface area contributed by atoms with Gasteiger partial charge in [0.2, 0.25) is 5.78 Å². The Morgan fingerprint density at radius 3 is 2.10 bits per heavy atom. The molecular formula is C32H35N3O5S2. The molecule has 0 bridgehead atoms. The topological polar surface area (TPSA) is 113 Å². The van der Waals surface area contributed by atoms with Crippen LogP contribution in [-0.4, -0.2) is 39.0 Å². The lowest BCUT2D eigenvalue weighted by Gasteiger charge is -2.31. The van der Waals surface area contributed by atoms with E-state index in [0.717, 1.165) is 4.70 Å². The van der Waals surface area contributed by atoms with Gasteiger partial charge < -0.3 is 14.9 Å². The molecule has 0 spiro atoms. The molecule has 2 N–H and O–H groups in total. The molecule has 5 rings (SSSR count). The zero-order valence-electron chi connectivity index (χ0n) is 25.2. The van der Waals surface area contributed by atoms with E-state index < -0.39 is 34.3 Å². The number of aliphatic hydroxyl groups is 1. The fourth-order valence-electron chi connectivity index (χ4n) is 5.30. The van der Waals surface area contributed by atoms with Gasteiger partial charge in [-0.2, -0.15) is 0 Å². The Kier molecular flexibility index (Phi) is 7.22. The molecule has 3 heterocycles. The Hall–Kier alpha value is -3.76. The van der Waals surface area contributed by atoms with E-state index in [9.17, 15) is 19.8 Å². The first-order valence-corrected chi connectivity index (χ1v) is 15.2. The lowest BCUT2D eigenvalue weighted by molar-refractivity contribution is -0.117. The molecule has 1 atom stereocenters. The SMILES string of the molecule is COc1ccc2nc(N3C(=O)C(O)=C(C(=O)c4sc(C)nc4C)C3c3cc(C(C)(C)C)c(O)c(C(C)(C)C)c3)sc2c1. The molecule has 0 fully saturated rings. The Bertz CT molecular complexity index is 1750. The number of thiazole rings is 2. The molecule has 42 heavy (non-hydrogen) atoms. The van der Waals surface area contributed by atoms with Crippen molar-refractivity contribution < 1.29 is 24.5 Å². The molecule has 8 nitrogen and oxygen atoms in total. The summed E-state index contributed by atoms with van der Waals surface area (Å²) in [5.74, 6) is -0.956. The number of amides is 1. The number of rotatable bonds is 5. The molecule has 220 valence electrons. The maximum Gasteiger partial charge on any atom is 0.296 e. The molecule has 1 aliphatic heterocycles. The average molecular weight is 606 g/mol. The second-order valence-electron chi connectivity index (χ2n) is 12.6. The van der Waals surface area contributed by atoms with Gasteiger partial charge in [0.25, 0.3) is 5.91 Å². The first kappa shape index (κ1) is 29.7. The number of carbonyl (C=O) groups is 2. The highest BCUT2D eigenvalue weighted by molar-refractivity contribution is 7.22. The maximum absolute atomic E-state index is 14.2. The molecule has 1 unspecified atom stereocenters. The molecule has 0 radical (unpaired) electrons. The summed E-state index contributed by atoms with van der Waals surface area (Å²) in [6.45, 7) is 15.6. The zero-order valence-corrected chi connectivity index (χ0v) is 26.9. The molecular weight excluding hydrogens is 571 g/mol. The number of phenols is 1. The highest BCUT2D eigenvalue weighted by Crippen LogP contribution is 2.48. The van der Waals surface area contributed by atoms with Crippen LogP contribution in [0.25, 0.3) is 10.2 Å². The van der Waals surface area contributed by atoms with Crippen LogP contribution in [0.3, 0.4) is 0 Å². The van der Waals surface area contributed by atoms with Crippen molar-refractivity contribution in [3.8, 4) is 11.5 Å². The van der Waals surface area contributed by atoms with Crippen molar-refractivity contribution in [2.45, 2.75) is 72.3 Å². The van der Waals surface area contributed by atoms with Crippen LogP contribution in [0.4, 0.5) is 5.13 Å². The number of benzene rings is 2. The standard InChI is InChI=1S/C32H35N3O5S2/c1-15-28(41-16(2)33-15)26(37)23-24(17-12-19(31(3,4)5)25(36)20(13-17)32(6,7)8)35(29(39)27(23)38)30-34-21-11-10-18(40-9)14-22(21)42-30/h10-14,24,36,38H,1-9H3. The third kappa shape index (κ3) is 4.96. The molecule has 1 amide bonds. The number of ketones is 1. The number of hydrogen-bond acceptors (Lipinski definition) is 9. The van der Waals surface area contributed by atoms with Gasteiger partial charge in [0.05, 0.1) is 44.5 Å². The second kappa shape index (κ2) is 10.2. The molecule has 1 aliphatic rings. The molecule has 4 aromatic rings. The number of methoxy groups -OCH3 is 1. The van der Waals surface area contributed by atoms with Gasteiger partial charge in [-0.15, -0.1) is 11.3 Å². The fraction of sp³-hybridized carbons (Fsp3) is 0.375. The van der Waals surface area contributed by atoms with Crippen molar-refractivity contribution in [1.82, 2.24) is 9.97 Å². The first-order chi connectivity index (χ1) is 19.5. The number of aryl methyl sites for hydroxylation is 2. The molecule has 2 aromatic heterocycles. The molecule has 0 saturated heterocycles. The van der Waals surface area contributed by atoms with Gasteiger partial charge in [0, 0.05) is 0 Å². The van der Waals surface area contributed by atoms with Crippen LogP contribution in [0.5, 0.6) is 11.5 Å². The highest BCUT2D eigenvalue weighted by Gasteiger charge is 2.47. The van der Waals surface area contributed by atoms with Crippen LogP contribution >= 0.6 is 22.7 Å². The molecule has 2 aromatic carbocycles. The summed E-state index contributed by atoms with van der Waals surface area (Å²) in [5, 5.41) is 23.8. The monoisotopic (exact) mass is 605 g/mol. The average Bonchev–Trinajstić information content (AvgIpc) is 3.54. The van der Waals surface area contributed by atoms with E-state index >= 15 is 0 Å². The number of fused-ring (bicyclic) bond motifs is 1. The number of phenolic OH excluding ortho intramolecular Hbond substituents is 1. The van der Waals surface area contributed by atoms with Crippen molar-refractivity contribution in [3.63, 3.8) is 0 Å². The third-order valence-electron chi connectivity index (χ3n) is 7.42. The summed E-state index contributed by atoms with van der Waals surface area (Å²) in [6.07, 6.45) is 0. The Morgan fingerprint density at radius 2 is 1.57 bits per heavy atom. The van der Waals surface area contributed by atoms with Crippen LogP contribution in [-0.2, 0) is 15.6 Å². The highest BCUT2D eigenvalue weighted by atomic mass is 32.1. The van der Waals surface area contributed by atoms with Crippen LogP contribution < -0.4 is 9.64 Å². The summed E-state index contributed by atoms with van der Waals surface area (Å²) in [7, 11) is 1.58. The van der Waals surface area contributed by atoms with Crippen LogP contribution in [0, 0.1) is 13.8 Å². The van der Waals surface area contributed by atoms with E-state index in [-0.39, 0.29) is 11.3 Å². The van der Waals surface area contributed by atoms with Gasteiger partial charge >= 0.3 is 0 Å². The minimum Gasteiger partial charge on any atom is -0.507 e. The lowest BCUT2D eigenvalue weighted by atomic mass is 9.77. The Balaban J connectivity index is 1.80. The summed E-state index contributed by atoms with van der Waals surface area (Å²) in [5.41, 5.74) is 2.20. The Labute approximate surface area is 253 Å². The summed E-state index contributed by atoms with van der Waals surface area (Å²) < 4.78 is 6.17. The van der Waals surface area contributed by atoms with E-state index in [2.05, 4.69) is 4.98 Å². The van der Waals surface area contributed by atoms with Crippen molar-refractivity contribution in [1.29, 1.82) is 0 Å². The number of carbonyl (C=O) groups excluding carboxylic acids is 2. The number of ether oxygens (including phenoxy) is 1. The number of nitrogens with zero attached hydrogens (tertiary/aromatic N) is 3. The smallest absolute Gasteiger partial charge is 0.296 e. The van der Waals surface area contributed by atoms with Crippen molar-refractivity contribution >= 4 is 49.7 Å². The minimum absolute atomic E-state index is 0.0333. The largest absolute Gasteiger partial charge is 0.507 e. The predicted octanol–water partition coefficient (Wildman–Crippen LogP) is 7.46. The van der Waals surface area contributed by atoms with E-state index in [0.29, 0.717) is 48.7 Å². The number of aromatic nitrogens is 2. The second-order valence-corrected chi connectivity index (χ2v) is 14.8. The first-order valence-electron chi connectivity index (χ1n) is 13.6. The summed E-state index contributed by atoms with van der Waals surface area (Å²) >= 11 is 2.50. The molecule has 0 aliphatic carbocycles. The number of aliphatic hydroxyl groups excluding tert-OH is 1.